The van der Waals surface area contributed by atoms with Gasteiger partial charge < -0.3 is 5.11 Å². The van der Waals surface area contributed by atoms with Gasteiger partial charge in [-0.25, -0.2) is 0 Å². The number of hydrogen-bond donors (Lipinski definition) is 2. The lowest BCUT2D eigenvalue weighted by molar-refractivity contribution is 0.285. The molecule has 0 aromatic heterocycles. The quantitative estimate of drug-likeness (QED) is 0.451. The molecule has 1 N–H and O–H groups in total. The van der Waals surface area contributed by atoms with Crippen molar-refractivity contribution < 1.29 is 5.11 Å². The Bertz CT molecular complexity index is 76.0. The molecule has 0 aliphatic carbocycles. The van der Waals surface area contributed by atoms with Crippen molar-refractivity contribution in [2.75, 3.05) is 6.61 Å². The van der Waals surface area contributed by atoms with Gasteiger partial charge in [-0.2, -0.15) is 12.6 Å². The van der Waals surface area contributed by atoms with Crippen LogP contribution in [0.5, 0.6) is 0 Å². The normalized spacial score (nSPS) is 13.4. The molecule has 0 aliphatic rings. The first-order valence-corrected chi connectivity index (χ1v) is 5.11. The van der Waals surface area contributed by atoms with E-state index in [-0.39, 0.29) is 6.61 Å². The fraction of sp³-hybridized carbons (Fsp3) is 1.00. The molecule has 1 atom stereocenters. The van der Waals surface area contributed by atoms with Gasteiger partial charge in [-0.15, -0.1) is 0 Å². The van der Waals surface area contributed by atoms with Gasteiger partial charge in [0.15, 0.2) is 0 Å². The van der Waals surface area contributed by atoms with Gasteiger partial charge in [0.1, 0.15) is 0 Å². The van der Waals surface area contributed by atoms with Crippen LogP contribution in [0.1, 0.15) is 45.4 Å². The Balaban J connectivity index is 2.97. The molecule has 0 fully saturated rings. The zero-order chi connectivity index (χ0) is 8.53. The summed E-state index contributed by atoms with van der Waals surface area (Å²) in [6, 6.07) is 0. The maximum Gasteiger partial charge on any atom is 0.0441 e. The van der Waals surface area contributed by atoms with Crippen LogP contribution in [-0.4, -0.2) is 17.0 Å². The van der Waals surface area contributed by atoms with E-state index in [9.17, 15) is 0 Å². The lowest BCUT2D eigenvalue weighted by atomic mass is 10.1. The summed E-state index contributed by atoms with van der Waals surface area (Å²) in [5, 5.41) is 9.00. The predicted molar refractivity (Wildman–Crippen MR) is 53.2 cm³/mol. The van der Waals surface area contributed by atoms with Gasteiger partial charge >= 0.3 is 0 Å². The van der Waals surface area contributed by atoms with Gasteiger partial charge in [-0.3, -0.25) is 0 Å². The fourth-order valence-corrected chi connectivity index (χ4v) is 1.40. The Hall–Kier alpha value is 0.310. The third kappa shape index (κ3) is 8.21. The van der Waals surface area contributed by atoms with E-state index in [0.29, 0.717) is 5.25 Å². The second-order valence-electron chi connectivity index (χ2n) is 3.02. The molecule has 0 amide bonds. The summed E-state index contributed by atoms with van der Waals surface area (Å²) in [5.41, 5.74) is 0. The van der Waals surface area contributed by atoms with E-state index in [0.717, 1.165) is 12.8 Å². The average Bonchev–Trinajstić information content (AvgIpc) is 1.99. The van der Waals surface area contributed by atoms with Crippen LogP contribution in [0.3, 0.4) is 0 Å². The van der Waals surface area contributed by atoms with Gasteiger partial charge in [-0.1, -0.05) is 32.6 Å². The van der Waals surface area contributed by atoms with E-state index in [2.05, 4.69) is 19.6 Å². The SMILES string of the molecule is CCCCCCC(S)CCO. The van der Waals surface area contributed by atoms with E-state index in [1.807, 2.05) is 0 Å². The second kappa shape index (κ2) is 8.41. The summed E-state index contributed by atoms with van der Waals surface area (Å²) in [7, 11) is 0. The largest absolute Gasteiger partial charge is 0.396 e. The zero-order valence-electron chi connectivity index (χ0n) is 7.42. The number of aliphatic hydroxyl groups is 1. The van der Waals surface area contributed by atoms with E-state index < -0.39 is 0 Å². The molecular formula is C9H20OS. The number of unbranched alkanes of at least 4 members (excludes halogenated alkanes) is 3. The Morgan fingerprint density at radius 3 is 2.45 bits per heavy atom. The molecule has 0 aromatic carbocycles. The summed E-state index contributed by atoms with van der Waals surface area (Å²) >= 11 is 4.35. The molecular weight excluding hydrogens is 156 g/mol. The molecule has 1 nitrogen and oxygen atoms in total. The molecule has 0 radical (unpaired) electrons. The fourth-order valence-electron chi connectivity index (χ4n) is 1.10. The van der Waals surface area contributed by atoms with Crippen molar-refractivity contribution in [1.82, 2.24) is 0 Å². The Morgan fingerprint density at radius 2 is 1.91 bits per heavy atom. The molecule has 0 aliphatic heterocycles. The van der Waals surface area contributed by atoms with E-state index >= 15 is 0 Å². The maximum atomic E-state index is 8.59. The smallest absolute Gasteiger partial charge is 0.0441 e. The van der Waals surface area contributed by atoms with Gasteiger partial charge in [0.05, 0.1) is 0 Å². The van der Waals surface area contributed by atoms with Crippen LogP contribution in [0.4, 0.5) is 0 Å². The van der Waals surface area contributed by atoms with E-state index in [1.165, 1.54) is 25.7 Å². The van der Waals surface area contributed by atoms with Crippen LogP contribution < -0.4 is 0 Å². The highest BCUT2D eigenvalue weighted by atomic mass is 32.1. The number of thiol groups is 1. The lowest BCUT2D eigenvalue weighted by Crippen LogP contribution is -2.01. The van der Waals surface area contributed by atoms with Crippen LogP contribution in [0.15, 0.2) is 0 Å². The van der Waals surface area contributed by atoms with Crippen LogP contribution >= 0.6 is 12.6 Å². The number of aliphatic hydroxyl groups excluding tert-OH is 1. The summed E-state index contributed by atoms with van der Waals surface area (Å²) in [6.07, 6.45) is 7.21. The summed E-state index contributed by atoms with van der Waals surface area (Å²) in [5.74, 6) is 0. The van der Waals surface area contributed by atoms with Crippen LogP contribution in [-0.2, 0) is 0 Å². The van der Waals surface area contributed by atoms with E-state index in [4.69, 9.17) is 5.11 Å². The maximum absolute atomic E-state index is 8.59. The van der Waals surface area contributed by atoms with E-state index in [1.54, 1.807) is 0 Å². The highest BCUT2D eigenvalue weighted by Gasteiger charge is 2.00. The topological polar surface area (TPSA) is 20.2 Å². The van der Waals surface area contributed by atoms with Crippen LogP contribution in [0.25, 0.3) is 0 Å². The van der Waals surface area contributed by atoms with Crippen molar-refractivity contribution in [3.05, 3.63) is 0 Å². The molecule has 0 heterocycles. The molecule has 1 unspecified atom stereocenters. The molecule has 0 aromatic rings. The Labute approximate surface area is 75.6 Å². The zero-order valence-corrected chi connectivity index (χ0v) is 8.32. The predicted octanol–water partition coefficient (Wildman–Crippen LogP) is 2.64. The molecule has 0 saturated carbocycles. The van der Waals surface area contributed by atoms with Crippen molar-refractivity contribution in [3.8, 4) is 0 Å². The standard InChI is InChI=1S/C9H20OS/c1-2-3-4-5-6-9(11)7-8-10/h9-11H,2-8H2,1H3. The molecule has 0 rings (SSSR count). The molecule has 11 heavy (non-hydrogen) atoms. The first kappa shape index (κ1) is 11.3. The molecule has 2 heteroatoms. The monoisotopic (exact) mass is 176 g/mol. The lowest BCUT2D eigenvalue weighted by Gasteiger charge is -2.07. The van der Waals surface area contributed by atoms with Gasteiger partial charge in [-0.05, 0) is 12.8 Å². The van der Waals surface area contributed by atoms with Crippen molar-refractivity contribution >= 4 is 12.6 Å². The van der Waals surface area contributed by atoms with Crippen molar-refractivity contribution in [3.63, 3.8) is 0 Å². The first-order chi connectivity index (χ1) is 5.31. The summed E-state index contributed by atoms with van der Waals surface area (Å²) in [4.78, 5) is 0. The molecule has 0 spiro atoms. The van der Waals surface area contributed by atoms with Crippen molar-refractivity contribution in [2.45, 2.75) is 50.7 Å². The summed E-state index contributed by atoms with van der Waals surface area (Å²) < 4.78 is 0. The molecule has 0 saturated heterocycles. The highest BCUT2D eigenvalue weighted by molar-refractivity contribution is 7.80. The second-order valence-corrected chi connectivity index (χ2v) is 3.75. The third-order valence-electron chi connectivity index (χ3n) is 1.85. The van der Waals surface area contributed by atoms with Gasteiger partial charge in [0, 0.05) is 11.9 Å². The van der Waals surface area contributed by atoms with Crippen LogP contribution in [0, 0.1) is 0 Å². The average molecular weight is 176 g/mol. The Kier molecular flexibility index (Phi) is 8.64. The minimum absolute atomic E-state index is 0.280. The van der Waals surface area contributed by atoms with Crippen molar-refractivity contribution in [2.24, 2.45) is 0 Å². The molecule has 68 valence electrons. The van der Waals surface area contributed by atoms with Gasteiger partial charge in [0.25, 0.3) is 0 Å². The minimum Gasteiger partial charge on any atom is -0.396 e. The number of hydrogen-bond acceptors (Lipinski definition) is 2. The van der Waals surface area contributed by atoms with Crippen molar-refractivity contribution in [1.29, 1.82) is 0 Å². The number of rotatable bonds is 7. The third-order valence-corrected chi connectivity index (χ3v) is 2.37. The highest BCUT2D eigenvalue weighted by Crippen LogP contribution is 2.11. The van der Waals surface area contributed by atoms with Gasteiger partial charge in [0.2, 0.25) is 0 Å². The Morgan fingerprint density at radius 1 is 1.18 bits per heavy atom. The summed E-state index contributed by atoms with van der Waals surface area (Å²) in [6.45, 7) is 2.49. The molecule has 0 bridgehead atoms. The first-order valence-electron chi connectivity index (χ1n) is 4.60. The van der Waals surface area contributed by atoms with Crippen LogP contribution in [0.2, 0.25) is 0 Å². The minimum atomic E-state index is 0.280.